The van der Waals surface area contributed by atoms with Gasteiger partial charge in [0.15, 0.2) is 0 Å². The number of carbonyl (C=O) groups excluding carboxylic acids is 1. The van der Waals surface area contributed by atoms with E-state index < -0.39 is 6.04 Å². The largest absolute Gasteiger partial charge is 0.490 e. The van der Waals surface area contributed by atoms with Gasteiger partial charge in [0.2, 0.25) is 0 Å². The molecule has 5 nitrogen and oxygen atoms in total. The molecule has 0 amide bonds. The molecule has 19 heavy (non-hydrogen) atoms. The van der Waals surface area contributed by atoms with Crippen molar-refractivity contribution in [1.29, 1.82) is 0 Å². The fourth-order valence-corrected chi connectivity index (χ4v) is 2.12. The molecule has 0 spiro atoms. The van der Waals surface area contributed by atoms with E-state index >= 15 is 0 Å². The molecule has 0 aliphatic carbocycles. The number of carbonyl (C=O) groups is 1. The summed E-state index contributed by atoms with van der Waals surface area (Å²) in [5.74, 6) is 0.487. The standard InChI is InChI=1S/C14H20N2O3/c1-3-18-14(17)11(15)8-10-4-5-12-13(9-10)19-7-6-16(12)2/h4-5,9,11H,3,6-8,15H2,1-2H3. The van der Waals surface area contributed by atoms with Gasteiger partial charge < -0.3 is 20.1 Å². The van der Waals surface area contributed by atoms with E-state index in [4.69, 9.17) is 15.2 Å². The van der Waals surface area contributed by atoms with E-state index in [0.29, 0.717) is 19.6 Å². The predicted molar refractivity (Wildman–Crippen MR) is 73.5 cm³/mol. The highest BCUT2D eigenvalue weighted by Gasteiger charge is 2.18. The number of anilines is 1. The van der Waals surface area contributed by atoms with E-state index in [1.54, 1.807) is 6.92 Å². The molecule has 1 aromatic rings. The normalized spacial score (nSPS) is 15.4. The second kappa shape index (κ2) is 5.93. The van der Waals surface area contributed by atoms with Crippen LogP contribution in [-0.2, 0) is 16.0 Å². The number of fused-ring (bicyclic) bond motifs is 1. The predicted octanol–water partition coefficient (Wildman–Crippen LogP) is 0.948. The van der Waals surface area contributed by atoms with Crippen molar-refractivity contribution in [3.8, 4) is 5.75 Å². The minimum absolute atomic E-state index is 0.352. The molecule has 1 heterocycles. The van der Waals surface area contributed by atoms with Crippen LogP contribution in [0.1, 0.15) is 12.5 Å². The van der Waals surface area contributed by atoms with Crippen LogP contribution in [0.2, 0.25) is 0 Å². The van der Waals surface area contributed by atoms with Crippen molar-refractivity contribution in [2.45, 2.75) is 19.4 Å². The maximum absolute atomic E-state index is 11.5. The number of hydrogen-bond acceptors (Lipinski definition) is 5. The van der Waals surface area contributed by atoms with E-state index in [-0.39, 0.29) is 5.97 Å². The van der Waals surface area contributed by atoms with E-state index in [2.05, 4.69) is 4.90 Å². The van der Waals surface area contributed by atoms with Crippen molar-refractivity contribution in [3.05, 3.63) is 23.8 Å². The van der Waals surface area contributed by atoms with Crippen molar-refractivity contribution >= 4 is 11.7 Å². The number of esters is 1. The van der Waals surface area contributed by atoms with Gasteiger partial charge in [-0.1, -0.05) is 6.07 Å². The second-order valence-corrected chi connectivity index (χ2v) is 4.63. The van der Waals surface area contributed by atoms with Crippen molar-refractivity contribution in [1.82, 2.24) is 0 Å². The van der Waals surface area contributed by atoms with Crippen LogP contribution in [0.5, 0.6) is 5.75 Å². The van der Waals surface area contributed by atoms with Crippen LogP contribution < -0.4 is 15.4 Å². The first-order valence-electron chi connectivity index (χ1n) is 6.51. The van der Waals surface area contributed by atoms with E-state index in [9.17, 15) is 4.79 Å². The Hall–Kier alpha value is -1.75. The fraction of sp³-hybridized carbons (Fsp3) is 0.500. The molecule has 1 aliphatic rings. The van der Waals surface area contributed by atoms with Crippen molar-refractivity contribution in [3.63, 3.8) is 0 Å². The molecular formula is C14H20N2O3. The topological polar surface area (TPSA) is 64.8 Å². The first-order chi connectivity index (χ1) is 9.11. The Balaban J connectivity index is 2.08. The van der Waals surface area contributed by atoms with E-state index in [1.807, 2.05) is 25.2 Å². The lowest BCUT2D eigenvalue weighted by atomic mass is 10.0. The summed E-state index contributed by atoms with van der Waals surface area (Å²) in [6, 6.07) is 5.30. The summed E-state index contributed by atoms with van der Waals surface area (Å²) in [6.07, 6.45) is 0.458. The number of benzene rings is 1. The third-order valence-electron chi connectivity index (χ3n) is 3.16. The molecule has 1 aromatic carbocycles. The van der Waals surface area contributed by atoms with Crippen LogP contribution in [-0.4, -0.2) is 38.8 Å². The molecule has 5 heteroatoms. The van der Waals surface area contributed by atoms with Crippen molar-refractivity contribution < 1.29 is 14.3 Å². The first-order valence-corrected chi connectivity index (χ1v) is 6.51. The van der Waals surface area contributed by atoms with Gasteiger partial charge in [0, 0.05) is 7.05 Å². The molecule has 1 unspecified atom stereocenters. The smallest absolute Gasteiger partial charge is 0.323 e. The highest BCUT2D eigenvalue weighted by atomic mass is 16.5. The summed E-state index contributed by atoms with van der Waals surface area (Å²) < 4.78 is 10.5. The van der Waals surface area contributed by atoms with Crippen LogP contribution >= 0.6 is 0 Å². The summed E-state index contributed by atoms with van der Waals surface area (Å²) in [6.45, 7) is 3.68. The molecule has 1 atom stereocenters. The molecule has 0 saturated heterocycles. The quantitative estimate of drug-likeness (QED) is 0.820. The zero-order valence-electron chi connectivity index (χ0n) is 11.4. The summed E-state index contributed by atoms with van der Waals surface area (Å²) in [5.41, 5.74) is 7.86. The molecular weight excluding hydrogens is 244 g/mol. The van der Waals surface area contributed by atoms with Gasteiger partial charge in [0.05, 0.1) is 18.8 Å². The van der Waals surface area contributed by atoms with Crippen molar-refractivity contribution in [2.75, 3.05) is 31.7 Å². The Morgan fingerprint density at radius 1 is 1.58 bits per heavy atom. The molecule has 2 N–H and O–H groups in total. The summed E-state index contributed by atoms with van der Waals surface area (Å²) in [4.78, 5) is 13.6. The highest BCUT2D eigenvalue weighted by molar-refractivity contribution is 5.76. The number of nitrogens with two attached hydrogens (primary N) is 1. The molecule has 0 fully saturated rings. The molecule has 0 saturated carbocycles. The van der Waals surface area contributed by atoms with Crippen LogP contribution in [0.25, 0.3) is 0 Å². The lowest BCUT2D eigenvalue weighted by molar-refractivity contribution is -0.144. The van der Waals surface area contributed by atoms with Gasteiger partial charge in [-0.15, -0.1) is 0 Å². The minimum atomic E-state index is -0.626. The third kappa shape index (κ3) is 3.17. The number of hydrogen-bond donors (Lipinski definition) is 1. The first kappa shape index (κ1) is 13.7. The van der Waals surface area contributed by atoms with Gasteiger partial charge in [-0.3, -0.25) is 4.79 Å². The van der Waals surface area contributed by atoms with E-state index in [1.165, 1.54) is 0 Å². The zero-order chi connectivity index (χ0) is 13.8. The van der Waals surface area contributed by atoms with Crippen LogP contribution in [0.3, 0.4) is 0 Å². The Labute approximate surface area is 113 Å². The molecule has 1 aliphatic heterocycles. The molecule has 0 aromatic heterocycles. The average Bonchev–Trinajstić information content (AvgIpc) is 2.39. The molecule has 104 valence electrons. The Morgan fingerprint density at radius 2 is 2.37 bits per heavy atom. The number of ether oxygens (including phenoxy) is 2. The fourth-order valence-electron chi connectivity index (χ4n) is 2.12. The monoisotopic (exact) mass is 264 g/mol. The molecule has 0 bridgehead atoms. The minimum Gasteiger partial charge on any atom is -0.490 e. The summed E-state index contributed by atoms with van der Waals surface area (Å²) >= 11 is 0. The maximum Gasteiger partial charge on any atom is 0.323 e. The van der Waals surface area contributed by atoms with Gasteiger partial charge >= 0.3 is 5.97 Å². The SMILES string of the molecule is CCOC(=O)C(N)Cc1ccc2c(c1)OCCN2C. The number of nitrogens with zero attached hydrogens (tertiary/aromatic N) is 1. The van der Waals surface area contributed by atoms with Crippen LogP contribution in [0.15, 0.2) is 18.2 Å². The Kier molecular flexibility index (Phi) is 4.27. The summed E-state index contributed by atoms with van der Waals surface area (Å²) in [7, 11) is 2.03. The zero-order valence-corrected chi connectivity index (χ0v) is 11.4. The Bertz CT molecular complexity index is 462. The van der Waals surface area contributed by atoms with Crippen LogP contribution in [0, 0.1) is 0 Å². The highest BCUT2D eigenvalue weighted by Crippen LogP contribution is 2.31. The Morgan fingerprint density at radius 3 is 3.11 bits per heavy atom. The second-order valence-electron chi connectivity index (χ2n) is 4.63. The maximum atomic E-state index is 11.5. The number of likely N-dealkylation sites (N-methyl/N-ethyl adjacent to an activating group) is 1. The van der Waals surface area contributed by atoms with Crippen LogP contribution in [0.4, 0.5) is 5.69 Å². The van der Waals surface area contributed by atoms with Gasteiger partial charge in [-0.25, -0.2) is 0 Å². The lowest BCUT2D eigenvalue weighted by Crippen LogP contribution is -2.34. The summed E-state index contributed by atoms with van der Waals surface area (Å²) in [5, 5.41) is 0. The van der Waals surface area contributed by atoms with Gasteiger partial charge in [0.1, 0.15) is 18.4 Å². The molecule has 0 radical (unpaired) electrons. The molecule has 2 rings (SSSR count). The van der Waals surface area contributed by atoms with Gasteiger partial charge in [-0.2, -0.15) is 0 Å². The van der Waals surface area contributed by atoms with Gasteiger partial charge in [-0.05, 0) is 31.0 Å². The number of rotatable bonds is 4. The third-order valence-corrected chi connectivity index (χ3v) is 3.16. The van der Waals surface area contributed by atoms with E-state index in [0.717, 1.165) is 23.5 Å². The van der Waals surface area contributed by atoms with Gasteiger partial charge in [0.25, 0.3) is 0 Å². The van der Waals surface area contributed by atoms with Crippen molar-refractivity contribution in [2.24, 2.45) is 5.73 Å². The lowest BCUT2D eigenvalue weighted by Gasteiger charge is -2.28. The average molecular weight is 264 g/mol.